The van der Waals surface area contributed by atoms with Gasteiger partial charge in [0.2, 0.25) is 12.3 Å². The van der Waals surface area contributed by atoms with Gasteiger partial charge in [-0.1, -0.05) is 0 Å². The number of azo groups is 2. The van der Waals surface area contributed by atoms with Crippen LogP contribution >= 0.6 is 0 Å². The third-order valence-electron chi connectivity index (χ3n) is 1.22. The van der Waals surface area contributed by atoms with Crippen LogP contribution in [0, 0.1) is 0 Å². The number of rotatable bonds is 0. The van der Waals surface area contributed by atoms with Crippen LogP contribution in [-0.4, -0.2) is 30.1 Å². The number of hydrogen-bond acceptors (Lipinski definition) is 2. The van der Waals surface area contributed by atoms with Crippen LogP contribution in [0.4, 0.5) is 0 Å². The van der Waals surface area contributed by atoms with Gasteiger partial charge in [-0.25, -0.2) is 0 Å². The molecular weight excluding hydrogens is 104 g/mol. The van der Waals surface area contributed by atoms with Crippen LogP contribution in [0.3, 0.4) is 0 Å². The molecule has 0 amide bonds. The first-order chi connectivity index (χ1) is 3.70. The molecule has 0 N–H and O–H groups in total. The number of hydrogen-bond donors (Lipinski definition) is 0. The summed E-state index contributed by atoms with van der Waals surface area (Å²) in [6.07, 6.45) is 0. The summed E-state index contributed by atoms with van der Waals surface area (Å²) in [5.41, 5.74) is 0. The maximum Gasteiger partial charge on any atom is 0.229 e. The van der Waals surface area contributed by atoms with Gasteiger partial charge in [-0.15, -0.1) is 4.70 Å². The van der Waals surface area contributed by atoms with Gasteiger partial charge in [0.05, 0.1) is 0 Å². The van der Waals surface area contributed by atoms with E-state index in [0.717, 1.165) is 0 Å². The standard InChI is InChI=1S/C5H9N2O/c1-4-5(8)3-7(2)6-4/h4H,3H2,1-2H3/q+1. The zero-order valence-corrected chi connectivity index (χ0v) is 5.09. The van der Waals surface area contributed by atoms with Crippen molar-refractivity contribution in [3.8, 4) is 0 Å². The van der Waals surface area contributed by atoms with Gasteiger partial charge in [-0.3, -0.25) is 4.79 Å². The van der Waals surface area contributed by atoms with E-state index in [4.69, 9.17) is 0 Å². The van der Waals surface area contributed by atoms with Gasteiger partial charge >= 0.3 is 0 Å². The molecule has 3 heteroatoms. The van der Waals surface area contributed by atoms with E-state index in [9.17, 15) is 4.79 Å². The fourth-order valence-corrected chi connectivity index (χ4v) is 0.759. The third kappa shape index (κ3) is 0.757. The van der Waals surface area contributed by atoms with E-state index < -0.39 is 0 Å². The number of nitrogens with zero attached hydrogens (tertiary/aromatic N) is 2. The van der Waals surface area contributed by atoms with Gasteiger partial charge in [0.25, 0.3) is 0 Å². The Hall–Kier alpha value is -0.730. The lowest BCUT2D eigenvalue weighted by atomic mass is 10.2. The molecule has 0 spiro atoms. The summed E-state index contributed by atoms with van der Waals surface area (Å²) < 4.78 is 1.67. The molecule has 0 saturated carbocycles. The Morgan fingerprint density at radius 2 is 2.50 bits per heavy atom. The molecule has 1 heterocycles. The first-order valence-electron chi connectivity index (χ1n) is 2.65. The van der Waals surface area contributed by atoms with Crippen LogP contribution in [0.2, 0.25) is 0 Å². The minimum atomic E-state index is -0.0972. The van der Waals surface area contributed by atoms with Crippen LogP contribution in [0.15, 0.2) is 5.11 Å². The van der Waals surface area contributed by atoms with E-state index in [1.165, 1.54) is 0 Å². The van der Waals surface area contributed by atoms with Crippen LogP contribution in [0.1, 0.15) is 6.92 Å². The van der Waals surface area contributed by atoms with Crippen molar-refractivity contribution in [3.05, 3.63) is 0 Å². The number of Topliss-reactive ketones (excluding diaryl/α,β-unsaturated/α-hetero) is 1. The molecule has 1 atom stereocenters. The minimum absolute atomic E-state index is 0.0972. The lowest BCUT2D eigenvalue weighted by molar-refractivity contribution is -0.546. The average Bonchev–Trinajstić information content (AvgIpc) is 1.85. The van der Waals surface area contributed by atoms with Crippen molar-refractivity contribution >= 4 is 5.78 Å². The number of carbonyl (C=O) groups excluding carboxylic acids is 1. The van der Waals surface area contributed by atoms with Crippen molar-refractivity contribution in [2.24, 2.45) is 5.11 Å². The van der Waals surface area contributed by atoms with Crippen LogP contribution in [-0.2, 0) is 4.79 Å². The zero-order chi connectivity index (χ0) is 6.15. The summed E-state index contributed by atoms with van der Waals surface area (Å²) in [7, 11) is 1.81. The van der Waals surface area contributed by atoms with Crippen molar-refractivity contribution in [2.45, 2.75) is 13.0 Å². The van der Waals surface area contributed by atoms with Crippen molar-refractivity contribution in [1.29, 1.82) is 0 Å². The molecule has 1 unspecified atom stereocenters. The molecule has 0 aromatic heterocycles. The van der Waals surface area contributed by atoms with Gasteiger partial charge in [-0.2, -0.15) is 0 Å². The van der Waals surface area contributed by atoms with E-state index in [1.54, 1.807) is 11.7 Å². The van der Waals surface area contributed by atoms with E-state index in [1.807, 2.05) is 6.92 Å². The molecule has 1 rings (SSSR count). The van der Waals surface area contributed by atoms with Crippen LogP contribution in [0.5, 0.6) is 0 Å². The van der Waals surface area contributed by atoms with E-state index in [2.05, 4.69) is 5.11 Å². The van der Waals surface area contributed by atoms with E-state index in [-0.39, 0.29) is 11.8 Å². The Balaban J connectivity index is 2.69. The van der Waals surface area contributed by atoms with Crippen molar-refractivity contribution in [2.75, 3.05) is 13.6 Å². The highest BCUT2D eigenvalue weighted by molar-refractivity contribution is 5.85. The monoisotopic (exact) mass is 113 g/mol. The summed E-state index contributed by atoms with van der Waals surface area (Å²) in [5.74, 6) is 0.215. The molecule has 0 aromatic carbocycles. The lowest BCUT2D eigenvalue weighted by Gasteiger charge is -1.79. The molecule has 0 radical (unpaired) electrons. The van der Waals surface area contributed by atoms with Crippen molar-refractivity contribution in [3.63, 3.8) is 0 Å². The van der Waals surface area contributed by atoms with E-state index >= 15 is 0 Å². The molecule has 0 aromatic rings. The van der Waals surface area contributed by atoms with Gasteiger partial charge in [0.15, 0.2) is 13.1 Å². The zero-order valence-electron chi connectivity index (χ0n) is 5.09. The molecule has 1 aliphatic rings. The fourth-order valence-electron chi connectivity index (χ4n) is 0.759. The summed E-state index contributed by atoms with van der Waals surface area (Å²) in [5, 5.41) is 3.95. The Morgan fingerprint density at radius 3 is 2.62 bits per heavy atom. The maximum atomic E-state index is 10.6. The molecule has 8 heavy (non-hydrogen) atoms. The quantitative estimate of drug-likeness (QED) is 0.408. The molecule has 0 bridgehead atoms. The Morgan fingerprint density at radius 1 is 1.88 bits per heavy atom. The Kier molecular flexibility index (Phi) is 1.12. The Bertz CT molecular complexity index is 151. The fraction of sp³-hybridized carbons (Fsp3) is 0.800. The first kappa shape index (κ1) is 5.41. The van der Waals surface area contributed by atoms with Gasteiger partial charge < -0.3 is 0 Å². The topological polar surface area (TPSA) is 32.4 Å². The highest BCUT2D eigenvalue weighted by Crippen LogP contribution is 1.99. The largest absolute Gasteiger partial charge is 0.290 e. The third-order valence-corrected chi connectivity index (χ3v) is 1.22. The molecule has 3 nitrogen and oxygen atoms in total. The smallest absolute Gasteiger partial charge is 0.229 e. The van der Waals surface area contributed by atoms with Crippen molar-refractivity contribution < 1.29 is 9.49 Å². The number of carbonyl (C=O) groups is 1. The van der Waals surface area contributed by atoms with Gasteiger partial charge in [0.1, 0.15) is 0 Å². The summed E-state index contributed by atoms with van der Waals surface area (Å²) >= 11 is 0. The molecule has 0 aliphatic carbocycles. The second-order valence-corrected chi connectivity index (χ2v) is 2.07. The lowest BCUT2D eigenvalue weighted by Crippen LogP contribution is -2.12. The molecular formula is C5H9N2O+. The summed E-state index contributed by atoms with van der Waals surface area (Å²) in [4.78, 5) is 10.6. The van der Waals surface area contributed by atoms with Crippen molar-refractivity contribution in [1.82, 2.24) is 0 Å². The predicted molar refractivity (Wildman–Crippen MR) is 27.9 cm³/mol. The second kappa shape index (κ2) is 1.65. The molecule has 0 saturated heterocycles. The van der Waals surface area contributed by atoms with Gasteiger partial charge in [-0.05, 0) is 12.0 Å². The molecule has 0 fully saturated rings. The Labute approximate surface area is 48.0 Å². The first-order valence-corrected chi connectivity index (χ1v) is 2.65. The second-order valence-electron chi connectivity index (χ2n) is 2.07. The summed E-state index contributed by atoms with van der Waals surface area (Å²) in [6.45, 7) is 2.30. The normalized spacial score (nSPS) is 28.5. The SMILES string of the molecule is CC1N=[N+](C)CC1=O. The number of likely N-dealkylation sites (N-methyl/N-ethyl adjacent to an activating group) is 1. The minimum Gasteiger partial charge on any atom is -0.290 e. The predicted octanol–water partition coefficient (Wildman–Crippen LogP) is 0.0521. The van der Waals surface area contributed by atoms with E-state index in [0.29, 0.717) is 6.54 Å². The summed E-state index contributed by atoms with van der Waals surface area (Å²) in [6, 6.07) is -0.0972. The number of ketones is 1. The highest BCUT2D eigenvalue weighted by Gasteiger charge is 2.26. The molecule has 1 aliphatic heterocycles. The van der Waals surface area contributed by atoms with Crippen LogP contribution in [0.25, 0.3) is 0 Å². The highest BCUT2D eigenvalue weighted by atomic mass is 16.1. The average molecular weight is 113 g/mol. The maximum absolute atomic E-state index is 10.6. The van der Waals surface area contributed by atoms with Crippen LogP contribution < -0.4 is 0 Å². The van der Waals surface area contributed by atoms with Gasteiger partial charge in [0, 0.05) is 0 Å². The molecule has 44 valence electrons.